The number of imide groups is 1. The molecule has 2 aliphatic rings. The molecule has 1 aliphatic heterocycles. The molecule has 1 spiro atoms. The molecule has 31 heavy (non-hydrogen) atoms. The third-order valence-corrected chi connectivity index (χ3v) is 6.39. The van der Waals surface area contributed by atoms with Crippen LogP contribution < -0.4 is 10.6 Å². The molecule has 10 heteroatoms. The maximum absolute atomic E-state index is 12.7. The van der Waals surface area contributed by atoms with Gasteiger partial charge in [-0.25, -0.2) is 9.48 Å². The van der Waals surface area contributed by atoms with Gasteiger partial charge in [0.05, 0.1) is 12.7 Å². The maximum atomic E-state index is 12.7. The van der Waals surface area contributed by atoms with Crippen molar-refractivity contribution in [3.8, 4) is 0 Å². The molecular formula is C21H23Cl2N5O3. The van der Waals surface area contributed by atoms with Gasteiger partial charge >= 0.3 is 6.03 Å². The summed E-state index contributed by atoms with van der Waals surface area (Å²) in [5, 5.41) is 11.0. The highest BCUT2D eigenvalue weighted by Gasteiger charge is 2.52. The number of benzene rings is 1. The topological polar surface area (TPSA) is 96.3 Å². The van der Waals surface area contributed by atoms with Crippen molar-refractivity contribution < 1.29 is 14.4 Å². The Kier molecular flexibility index (Phi) is 6.20. The first-order chi connectivity index (χ1) is 14.9. The van der Waals surface area contributed by atoms with Crippen LogP contribution in [0.3, 0.4) is 0 Å². The molecule has 1 aromatic heterocycles. The number of nitrogens with zero attached hydrogens (tertiary/aromatic N) is 3. The van der Waals surface area contributed by atoms with E-state index in [1.807, 2.05) is 6.07 Å². The monoisotopic (exact) mass is 463 g/mol. The summed E-state index contributed by atoms with van der Waals surface area (Å²) in [4.78, 5) is 38.5. The van der Waals surface area contributed by atoms with Gasteiger partial charge in [-0.1, -0.05) is 42.1 Å². The van der Waals surface area contributed by atoms with E-state index in [9.17, 15) is 14.4 Å². The molecule has 0 bridgehead atoms. The largest absolute Gasteiger partial charge is 0.325 e. The predicted molar refractivity (Wildman–Crippen MR) is 117 cm³/mol. The van der Waals surface area contributed by atoms with E-state index in [0.29, 0.717) is 41.7 Å². The van der Waals surface area contributed by atoms with Crippen molar-refractivity contribution >= 4 is 46.9 Å². The minimum Gasteiger partial charge on any atom is -0.323 e. The highest BCUT2D eigenvalue weighted by molar-refractivity contribution is 6.35. The molecule has 8 nitrogen and oxygen atoms in total. The lowest BCUT2D eigenvalue weighted by Gasteiger charge is -2.19. The molecule has 164 valence electrons. The second-order valence-corrected chi connectivity index (χ2v) is 8.78. The molecule has 2 heterocycles. The fourth-order valence-corrected chi connectivity index (χ4v) is 4.64. The van der Waals surface area contributed by atoms with Gasteiger partial charge in [-0.15, -0.1) is 0 Å². The Morgan fingerprint density at radius 2 is 1.97 bits per heavy atom. The van der Waals surface area contributed by atoms with Crippen LogP contribution in [0.2, 0.25) is 10.0 Å². The van der Waals surface area contributed by atoms with Crippen LogP contribution in [0.5, 0.6) is 0 Å². The number of nitrogens with one attached hydrogen (secondary N) is 2. The molecule has 0 atom stereocenters. The zero-order valence-electron chi connectivity index (χ0n) is 16.9. The Morgan fingerprint density at radius 1 is 1.19 bits per heavy atom. The van der Waals surface area contributed by atoms with E-state index in [-0.39, 0.29) is 30.8 Å². The van der Waals surface area contributed by atoms with E-state index in [1.54, 1.807) is 29.1 Å². The number of halogens is 2. The first kappa shape index (κ1) is 21.6. The number of anilines is 1. The fourth-order valence-electron chi connectivity index (χ4n) is 4.18. The quantitative estimate of drug-likeness (QED) is 0.609. The second-order valence-electron chi connectivity index (χ2n) is 7.94. The van der Waals surface area contributed by atoms with Crippen LogP contribution in [0, 0.1) is 0 Å². The van der Waals surface area contributed by atoms with Crippen molar-refractivity contribution in [2.24, 2.45) is 0 Å². The summed E-state index contributed by atoms with van der Waals surface area (Å²) < 4.78 is 1.63. The summed E-state index contributed by atoms with van der Waals surface area (Å²) in [5.41, 5.74) is 0.110. The molecule has 0 unspecified atom stereocenters. The lowest BCUT2D eigenvalue weighted by Crippen LogP contribution is -2.44. The highest BCUT2D eigenvalue weighted by Crippen LogP contribution is 2.35. The van der Waals surface area contributed by atoms with Crippen LogP contribution in [0.1, 0.15) is 44.1 Å². The number of amides is 4. The molecule has 2 N–H and O–H groups in total. The number of hydrogen-bond acceptors (Lipinski definition) is 4. The zero-order valence-corrected chi connectivity index (χ0v) is 18.4. The molecule has 1 saturated carbocycles. The number of carbonyl (C=O) groups is 3. The lowest BCUT2D eigenvalue weighted by molar-refractivity contribution is -0.131. The van der Waals surface area contributed by atoms with Crippen molar-refractivity contribution in [3.63, 3.8) is 0 Å². The van der Waals surface area contributed by atoms with Gasteiger partial charge in [0.1, 0.15) is 11.4 Å². The Labute approximate surface area is 189 Å². The lowest BCUT2D eigenvalue weighted by atomic mass is 9.98. The Bertz CT molecular complexity index is 1020. The van der Waals surface area contributed by atoms with Crippen LogP contribution in [0.15, 0.2) is 30.5 Å². The molecule has 0 radical (unpaired) electrons. The Morgan fingerprint density at radius 3 is 2.71 bits per heavy atom. The average molecular weight is 464 g/mol. The van der Waals surface area contributed by atoms with Gasteiger partial charge in [-0.05, 0) is 37.0 Å². The van der Waals surface area contributed by atoms with Crippen molar-refractivity contribution in [3.05, 3.63) is 46.1 Å². The SMILES string of the molecule is O=C(CCCN1C(=O)NC2(CCCC2)C1=O)Nc1ccnn1Cc1ccc(Cl)cc1Cl. The maximum Gasteiger partial charge on any atom is 0.325 e. The van der Waals surface area contributed by atoms with Gasteiger partial charge in [0.15, 0.2) is 0 Å². The van der Waals surface area contributed by atoms with Crippen molar-refractivity contribution in [1.82, 2.24) is 20.0 Å². The van der Waals surface area contributed by atoms with Crippen LogP contribution >= 0.6 is 23.2 Å². The van der Waals surface area contributed by atoms with E-state index in [0.717, 1.165) is 18.4 Å². The van der Waals surface area contributed by atoms with Gasteiger partial charge in [0.2, 0.25) is 5.91 Å². The molecule has 4 amide bonds. The van der Waals surface area contributed by atoms with Crippen molar-refractivity contribution in [2.75, 3.05) is 11.9 Å². The number of carbonyl (C=O) groups excluding carboxylic acids is 3. The fraction of sp³-hybridized carbons (Fsp3) is 0.429. The second kappa shape index (κ2) is 8.88. The molecule has 1 saturated heterocycles. The summed E-state index contributed by atoms with van der Waals surface area (Å²) in [5.74, 6) is 0.163. The molecular weight excluding hydrogens is 441 g/mol. The number of aromatic nitrogens is 2. The summed E-state index contributed by atoms with van der Waals surface area (Å²) in [7, 11) is 0. The Balaban J connectivity index is 1.30. The van der Waals surface area contributed by atoms with Gasteiger partial charge in [0, 0.05) is 29.1 Å². The zero-order chi connectivity index (χ0) is 22.0. The van der Waals surface area contributed by atoms with E-state index in [2.05, 4.69) is 15.7 Å². The normalized spacial score (nSPS) is 17.4. The summed E-state index contributed by atoms with van der Waals surface area (Å²) in [6.07, 6.45) is 5.42. The van der Waals surface area contributed by atoms with Crippen LogP contribution in [-0.4, -0.2) is 44.6 Å². The summed E-state index contributed by atoms with van der Waals surface area (Å²) in [6, 6.07) is 6.56. The smallest absolute Gasteiger partial charge is 0.323 e. The number of urea groups is 1. The predicted octanol–water partition coefficient (Wildman–Crippen LogP) is 3.82. The summed E-state index contributed by atoms with van der Waals surface area (Å²) in [6.45, 7) is 0.600. The van der Waals surface area contributed by atoms with Gasteiger partial charge in [0.25, 0.3) is 5.91 Å². The standard InChI is InChI=1S/C21H23Cl2N5O3/c22-15-6-5-14(16(23)12-15)13-28-17(7-10-24-28)25-18(29)4-3-11-27-19(30)21(26-20(27)31)8-1-2-9-21/h5-7,10,12H,1-4,8-9,11,13H2,(H,25,29)(H,26,31). The summed E-state index contributed by atoms with van der Waals surface area (Å²) >= 11 is 12.2. The van der Waals surface area contributed by atoms with Crippen LogP contribution in [0.4, 0.5) is 10.6 Å². The minimum absolute atomic E-state index is 0.159. The first-order valence-electron chi connectivity index (χ1n) is 10.3. The van der Waals surface area contributed by atoms with E-state index >= 15 is 0 Å². The van der Waals surface area contributed by atoms with Gasteiger partial charge < -0.3 is 10.6 Å². The van der Waals surface area contributed by atoms with E-state index in [4.69, 9.17) is 23.2 Å². The Hall–Kier alpha value is -2.58. The first-order valence-corrected chi connectivity index (χ1v) is 11.0. The van der Waals surface area contributed by atoms with Crippen molar-refractivity contribution in [1.29, 1.82) is 0 Å². The van der Waals surface area contributed by atoms with Crippen LogP contribution in [0.25, 0.3) is 0 Å². The highest BCUT2D eigenvalue weighted by atomic mass is 35.5. The number of rotatable bonds is 7. The third-order valence-electron chi connectivity index (χ3n) is 5.81. The van der Waals surface area contributed by atoms with Gasteiger partial charge in [-0.2, -0.15) is 5.10 Å². The molecule has 2 fully saturated rings. The molecule has 1 aliphatic carbocycles. The molecule has 4 rings (SSSR count). The molecule has 2 aromatic rings. The third kappa shape index (κ3) is 4.55. The van der Waals surface area contributed by atoms with E-state index in [1.165, 1.54) is 4.90 Å². The number of hydrogen-bond donors (Lipinski definition) is 2. The molecule has 1 aromatic carbocycles. The minimum atomic E-state index is -0.714. The van der Waals surface area contributed by atoms with Gasteiger partial charge in [-0.3, -0.25) is 14.5 Å². The van der Waals surface area contributed by atoms with E-state index < -0.39 is 5.54 Å². The average Bonchev–Trinajstić information content (AvgIpc) is 3.42. The van der Waals surface area contributed by atoms with Crippen LogP contribution in [-0.2, 0) is 16.1 Å². The van der Waals surface area contributed by atoms with Crippen molar-refractivity contribution in [2.45, 2.75) is 50.6 Å².